The summed E-state index contributed by atoms with van der Waals surface area (Å²) in [5.74, 6) is 0. The molecule has 28 heavy (non-hydrogen) atoms. The zero-order chi connectivity index (χ0) is 22.2. The first-order valence-electron chi connectivity index (χ1n) is 11.4. The van der Waals surface area contributed by atoms with Crippen LogP contribution in [0.2, 0.25) is 33.2 Å². The minimum atomic E-state index is -3.36. The van der Waals surface area contributed by atoms with E-state index in [1.807, 2.05) is 0 Å². The molecule has 1 aliphatic rings. The van der Waals surface area contributed by atoms with Crippen LogP contribution in [-0.4, -0.2) is 27.6 Å². The van der Waals surface area contributed by atoms with Crippen LogP contribution in [0.3, 0.4) is 0 Å². The zero-order valence-electron chi connectivity index (χ0n) is 20.6. The van der Waals surface area contributed by atoms with Gasteiger partial charge in [0.25, 0.3) is 0 Å². The summed E-state index contributed by atoms with van der Waals surface area (Å²) in [4.78, 5) is 0. The van der Waals surface area contributed by atoms with Crippen LogP contribution < -0.4 is 0 Å². The summed E-state index contributed by atoms with van der Waals surface area (Å²) in [7, 11) is 11.8. The Kier molecular flexibility index (Phi) is 9.35. The summed E-state index contributed by atoms with van der Waals surface area (Å²) in [6.45, 7) is 29.3. The molecule has 164 valence electrons. The van der Waals surface area contributed by atoms with Gasteiger partial charge in [-0.15, -0.1) is 0 Å². The van der Waals surface area contributed by atoms with Gasteiger partial charge in [-0.2, -0.15) is 0 Å². The fourth-order valence-electron chi connectivity index (χ4n) is 7.46. The van der Waals surface area contributed by atoms with E-state index < -0.39 is 27.6 Å². The zero-order valence-corrected chi connectivity index (χ0v) is 26.2. The molecule has 0 atom stereocenters. The average Bonchev–Trinajstić information content (AvgIpc) is 2.49. The van der Waals surface area contributed by atoms with E-state index in [1.165, 1.54) is 0 Å². The van der Waals surface area contributed by atoms with Crippen LogP contribution in [0.1, 0.15) is 89.5 Å². The summed E-state index contributed by atoms with van der Waals surface area (Å²) < 4.78 is 3.21. The van der Waals surface area contributed by atoms with Crippen molar-refractivity contribution in [3.8, 4) is 0 Å². The van der Waals surface area contributed by atoms with Crippen molar-refractivity contribution >= 4 is 47.6 Å². The van der Waals surface area contributed by atoms with Gasteiger partial charge in [-0.1, -0.05) is 0 Å². The molecule has 0 aromatic rings. The van der Waals surface area contributed by atoms with Gasteiger partial charge < -0.3 is 0 Å². The molecule has 5 heteroatoms. The summed E-state index contributed by atoms with van der Waals surface area (Å²) in [5, 5.41) is 0. The van der Waals surface area contributed by atoms with Gasteiger partial charge >= 0.3 is 191 Å². The number of halogens is 2. The quantitative estimate of drug-likeness (QED) is 0.279. The SMILES string of the molecule is CC(C)[Si]([C]1=CCC=[C]([Si](C(C)C)(C(C)C)C(C)C)[Ge]1([Cl])[Cl])(C(C)C)C(C)C. The first-order chi connectivity index (χ1) is 12.6. The number of allylic oxidation sites excluding steroid dienone is 2. The minimum absolute atomic E-state index is 0.661. The monoisotopic (exact) mass is 522 g/mol. The molecule has 0 saturated heterocycles. The van der Waals surface area contributed by atoms with Gasteiger partial charge in [-0.3, -0.25) is 0 Å². The van der Waals surface area contributed by atoms with Gasteiger partial charge in [0.2, 0.25) is 0 Å². The molecule has 0 radical (unpaired) electrons. The average molecular weight is 522 g/mol. The van der Waals surface area contributed by atoms with E-state index in [-0.39, 0.29) is 0 Å². The van der Waals surface area contributed by atoms with Crippen LogP contribution in [0.5, 0.6) is 0 Å². The Morgan fingerprint density at radius 1 is 0.571 bits per heavy atom. The van der Waals surface area contributed by atoms with E-state index in [1.54, 1.807) is 8.06 Å². The Labute approximate surface area is 189 Å². The molecular weight excluding hydrogens is 476 g/mol. The van der Waals surface area contributed by atoms with Gasteiger partial charge in [-0.05, 0) is 0 Å². The van der Waals surface area contributed by atoms with E-state index in [2.05, 4.69) is 95.2 Å². The van der Waals surface area contributed by atoms with Gasteiger partial charge in [0, 0.05) is 0 Å². The second-order valence-corrected chi connectivity index (χ2v) is 36.2. The summed E-state index contributed by atoms with van der Waals surface area (Å²) in [5.41, 5.74) is 3.97. The van der Waals surface area contributed by atoms with Crippen molar-refractivity contribution in [3.05, 3.63) is 20.2 Å². The third-order valence-electron chi connectivity index (χ3n) is 7.99. The third kappa shape index (κ3) is 4.08. The second-order valence-electron chi connectivity index (χ2n) is 10.8. The molecule has 0 N–H and O–H groups in total. The van der Waals surface area contributed by atoms with Crippen molar-refractivity contribution in [1.29, 1.82) is 0 Å². The fourth-order valence-corrected chi connectivity index (χ4v) is 55.0. The maximum absolute atomic E-state index is 7.72. The Hall–Kier alpha value is 1.04. The van der Waals surface area contributed by atoms with Gasteiger partial charge in [0.1, 0.15) is 0 Å². The molecule has 0 nitrogen and oxygen atoms in total. The molecule has 0 bridgehead atoms. The van der Waals surface area contributed by atoms with E-state index in [0.717, 1.165) is 6.42 Å². The molecule has 1 aliphatic heterocycles. The second kappa shape index (κ2) is 9.67. The molecule has 1 heterocycles. The predicted octanol–water partition coefficient (Wildman–Crippen LogP) is 9.68. The van der Waals surface area contributed by atoms with Crippen molar-refractivity contribution in [1.82, 2.24) is 0 Å². The standard InChI is InChI=1S/C23H46Cl2GeSi2/c1-16(2)27(17(3)4,18(5)6)22-14-13-15-23(26(22,24)25)28(19(7)8,20(9)10)21(11)12/h14-21H,13H2,1-12H3. The third-order valence-corrected chi connectivity index (χ3v) is 42.3. The van der Waals surface area contributed by atoms with Crippen molar-refractivity contribution in [3.63, 3.8) is 0 Å². The van der Waals surface area contributed by atoms with Crippen LogP contribution in [0.25, 0.3) is 0 Å². The Bertz CT molecular complexity index is 508. The van der Waals surface area contributed by atoms with Gasteiger partial charge in [-0.25, -0.2) is 0 Å². The topological polar surface area (TPSA) is 0 Å². The molecule has 0 aromatic heterocycles. The number of hydrogen-bond acceptors (Lipinski definition) is 0. The first kappa shape index (κ1) is 27.1. The molecule has 0 fully saturated rings. The molecule has 0 saturated carbocycles. The van der Waals surface area contributed by atoms with Crippen LogP contribution in [0.4, 0.5) is 0 Å². The molecular formula is C23H46Cl2GeSi2. The molecule has 0 amide bonds. The number of hydrogen-bond donors (Lipinski definition) is 0. The summed E-state index contributed by atoms with van der Waals surface area (Å²) in [6.07, 6.45) is 6.06. The van der Waals surface area contributed by atoms with Crippen LogP contribution in [0.15, 0.2) is 20.2 Å². The molecule has 0 unspecified atom stereocenters. The Morgan fingerprint density at radius 3 is 0.964 bits per heavy atom. The van der Waals surface area contributed by atoms with Gasteiger partial charge in [0.15, 0.2) is 0 Å². The van der Waals surface area contributed by atoms with E-state index in [4.69, 9.17) is 20.0 Å². The van der Waals surface area contributed by atoms with E-state index in [0.29, 0.717) is 33.2 Å². The molecule has 0 spiro atoms. The molecule has 1 rings (SSSR count). The van der Waals surface area contributed by atoms with Crippen LogP contribution in [-0.2, 0) is 0 Å². The van der Waals surface area contributed by atoms with E-state index in [9.17, 15) is 0 Å². The summed E-state index contributed by atoms with van der Waals surface area (Å²) >= 11 is -3.36. The Morgan fingerprint density at radius 2 is 0.786 bits per heavy atom. The Balaban J connectivity index is 3.80. The normalized spacial score (nSPS) is 18.7. The molecule has 0 aromatic carbocycles. The maximum atomic E-state index is 7.72. The van der Waals surface area contributed by atoms with Crippen molar-refractivity contribution in [2.24, 2.45) is 0 Å². The van der Waals surface area contributed by atoms with Crippen LogP contribution >= 0.6 is 20.0 Å². The van der Waals surface area contributed by atoms with Gasteiger partial charge in [0.05, 0.1) is 0 Å². The van der Waals surface area contributed by atoms with Crippen molar-refractivity contribution in [2.45, 2.75) is 123 Å². The molecule has 0 aliphatic carbocycles. The van der Waals surface area contributed by atoms with Crippen molar-refractivity contribution < 1.29 is 0 Å². The van der Waals surface area contributed by atoms with E-state index >= 15 is 0 Å². The van der Waals surface area contributed by atoms with Crippen molar-refractivity contribution in [2.75, 3.05) is 0 Å². The summed E-state index contributed by atoms with van der Waals surface area (Å²) in [6, 6.07) is 0. The van der Waals surface area contributed by atoms with Crippen LogP contribution in [0, 0.1) is 0 Å². The predicted molar refractivity (Wildman–Crippen MR) is 140 cm³/mol. The fraction of sp³-hybridized carbons (Fsp3) is 0.826. The number of rotatable bonds is 8. The first-order valence-corrected chi connectivity index (χ1v) is 23.5.